The molecule has 0 radical (unpaired) electrons. The van der Waals surface area contributed by atoms with Gasteiger partial charge in [0.05, 0.1) is 0 Å². The molecule has 1 aliphatic carbocycles. The molecule has 2 aromatic carbocycles. The van der Waals surface area contributed by atoms with Crippen LogP contribution in [-0.4, -0.2) is 12.5 Å². The molecule has 1 N–H and O–H groups in total. The number of carbonyl (C=O) groups is 1. The summed E-state index contributed by atoms with van der Waals surface area (Å²) in [6.45, 7) is 5.91. The molecule has 0 unspecified atom stereocenters. The highest BCUT2D eigenvalue weighted by molar-refractivity contribution is 5.92. The fraction of sp³-hybridized carbons (Fsp3) is 0.435. The summed E-state index contributed by atoms with van der Waals surface area (Å²) in [6.07, 6.45) is 5.15. The van der Waals surface area contributed by atoms with Crippen molar-refractivity contribution in [1.29, 1.82) is 0 Å². The second kappa shape index (κ2) is 7.34. The molecular formula is C23H27FN2O. The van der Waals surface area contributed by atoms with E-state index in [-0.39, 0.29) is 11.7 Å². The topological polar surface area (TPSA) is 32.3 Å². The molecule has 0 spiro atoms. The number of anilines is 2. The van der Waals surface area contributed by atoms with Crippen molar-refractivity contribution < 1.29 is 9.18 Å². The van der Waals surface area contributed by atoms with Gasteiger partial charge in [-0.15, -0.1) is 0 Å². The van der Waals surface area contributed by atoms with Crippen molar-refractivity contribution in [3.8, 4) is 0 Å². The van der Waals surface area contributed by atoms with Crippen LogP contribution in [0.3, 0.4) is 0 Å². The number of rotatable bonds is 5. The molecule has 1 fully saturated rings. The number of hydrogen-bond acceptors (Lipinski definition) is 2. The standard InChI is InChI=1S/C23H27FN2O/c1-15-13-18-14-26(20-8-6-19(24)7-9-20)12-11-21(18)16(2)23(15)25-22(27)10-5-17-3-4-17/h6-9,13,17H,3-5,10-12,14H2,1-2H3,(H,25,27). The minimum atomic E-state index is -0.204. The van der Waals surface area contributed by atoms with Gasteiger partial charge >= 0.3 is 0 Å². The Morgan fingerprint density at radius 1 is 1.22 bits per heavy atom. The molecule has 1 aliphatic heterocycles. The minimum Gasteiger partial charge on any atom is -0.367 e. The van der Waals surface area contributed by atoms with Crippen LogP contribution in [0.1, 0.15) is 47.9 Å². The van der Waals surface area contributed by atoms with E-state index in [1.165, 1.54) is 41.7 Å². The third kappa shape index (κ3) is 4.00. The lowest BCUT2D eigenvalue weighted by atomic mass is 9.91. The van der Waals surface area contributed by atoms with E-state index < -0.39 is 0 Å². The largest absolute Gasteiger partial charge is 0.367 e. The number of benzene rings is 2. The van der Waals surface area contributed by atoms with Crippen molar-refractivity contribution in [2.24, 2.45) is 5.92 Å². The molecule has 0 aromatic heterocycles. The van der Waals surface area contributed by atoms with Gasteiger partial charge in [-0.2, -0.15) is 0 Å². The van der Waals surface area contributed by atoms with Crippen LogP contribution >= 0.6 is 0 Å². The lowest BCUT2D eigenvalue weighted by molar-refractivity contribution is -0.116. The van der Waals surface area contributed by atoms with Crippen LogP contribution in [0.15, 0.2) is 30.3 Å². The van der Waals surface area contributed by atoms with E-state index in [4.69, 9.17) is 0 Å². The van der Waals surface area contributed by atoms with Crippen LogP contribution < -0.4 is 10.2 Å². The Kier molecular flexibility index (Phi) is 4.90. The van der Waals surface area contributed by atoms with Crippen molar-refractivity contribution in [2.45, 2.75) is 52.5 Å². The fourth-order valence-corrected chi connectivity index (χ4v) is 4.14. The quantitative estimate of drug-likeness (QED) is 0.795. The highest BCUT2D eigenvalue weighted by Crippen LogP contribution is 2.35. The summed E-state index contributed by atoms with van der Waals surface area (Å²) in [4.78, 5) is 14.6. The summed E-state index contributed by atoms with van der Waals surface area (Å²) in [5, 5.41) is 3.17. The van der Waals surface area contributed by atoms with E-state index in [0.717, 1.165) is 48.8 Å². The summed E-state index contributed by atoms with van der Waals surface area (Å²) < 4.78 is 13.2. The first-order valence-electron chi connectivity index (χ1n) is 9.93. The minimum absolute atomic E-state index is 0.136. The highest BCUT2D eigenvalue weighted by atomic mass is 19.1. The summed E-state index contributed by atoms with van der Waals surface area (Å²) in [7, 11) is 0. The predicted molar refractivity (Wildman–Crippen MR) is 108 cm³/mol. The molecule has 0 atom stereocenters. The van der Waals surface area contributed by atoms with E-state index in [0.29, 0.717) is 6.42 Å². The zero-order chi connectivity index (χ0) is 19.0. The number of fused-ring (bicyclic) bond motifs is 1. The predicted octanol–water partition coefficient (Wildman–Crippen LogP) is 5.13. The Hall–Kier alpha value is -2.36. The van der Waals surface area contributed by atoms with Gasteiger partial charge in [-0.3, -0.25) is 4.79 Å². The number of amides is 1. The monoisotopic (exact) mass is 366 g/mol. The Morgan fingerprint density at radius 3 is 2.67 bits per heavy atom. The van der Waals surface area contributed by atoms with Gasteiger partial charge in [-0.05, 0) is 79.1 Å². The number of hydrogen-bond donors (Lipinski definition) is 1. The average molecular weight is 366 g/mol. The molecule has 4 heteroatoms. The normalized spacial score (nSPS) is 16.2. The van der Waals surface area contributed by atoms with Crippen LogP contribution in [-0.2, 0) is 17.8 Å². The van der Waals surface area contributed by atoms with Gasteiger partial charge in [-0.1, -0.05) is 18.9 Å². The summed E-state index contributed by atoms with van der Waals surface area (Å²) in [6, 6.07) is 8.92. The first kappa shape index (κ1) is 18.0. The fourth-order valence-electron chi connectivity index (χ4n) is 4.14. The second-order valence-corrected chi connectivity index (χ2v) is 8.01. The van der Waals surface area contributed by atoms with Crippen LogP contribution in [0, 0.1) is 25.6 Å². The van der Waals surface area contributed by atoms with Crippen molar-refractivity contribution in [3.05, 3.63) is 58.4 Å². The maximum Gasteiger partial charge on any atom is 0.224 e. The van der Waals surface area contributed by atoms with Crippen molar-refractivity contribution in [1.82, 2.24) is 0 Å². The molecule has 27 heavy (non-hydrogen) atoms. The van der Waals surface area contributed by atoms with Crippen molar-refractivity contribution in [3.63, 3.8) is 0 Å². The molecule has 2 aliphatic rings. The van der Waals surface area contributed by atoms with E-state index >= 15 is 0 Å². The Balaban J connectivity index is 1.51. The molecule has 142 valence electrons. The maximum atomic E-state index is 13.2. The molecule has 1 saturated carbocycles. The molecule has 3 nitrogen and oxygen atoms in total. The summed E-state index contributed by atoms with van der Waals surface area (Å²) in [5.41, 5.74) is 7.00. The summed E-state index contributed by atoms with van der Waals surface area (Å²) >= 11 is 0. The van der Waals surface area contributed by atoms with Crippen LogP contribution in [0.5, 0.6) is 0 Å². The Labute approximate surface area is 160 Å². The van der Waals surface area contributed by atoms with Crippen molar-refractivity contribution >= 4 is 17.3 Å². The Bertz CT molecular complexity index is 856. The molecular weight excluding hydrogens is 339 g/mol. The number of carbonyl (C=O) groups excluding carboxylic acids is 1. The number of halogens is 1. The van der Waals surface area contributed by atoms with Gasteiger partial charge in [0, 0.05) is 30.9 Å². The van der Waals surface area contributed by atoms with Gasteiger partial charge in [-0.25, -0.2) is 4.39 Å². The zero-order valence-electron chi connectivity index (χ0n) is 16.1. The van der Waals surface area contributed by atoms with Crippen molar-refractivity contribution in [2.75, 3.05) is 16.8 Å². The van der Waals surface area contributed by atoms with E-state index in [1.54, 1.807) is 0 Å². The van der Waals surface area contributed by atoms with E-state index in [2.05, 4.69) is 30.1 Å². The van der Waals surface area contributed by atoms with E-state index in [9.17, 15) is 9.18 Å². The first-order chi connectivity index (χ1) is 13.0. The molecule has 4 rings (SSSR count). The molecule has 2 aromatic rings. The van der Waals surface area contributed by atoms with Crippen LogP contribution in [0.25, 0.3) is 0 Å². The second-order valence-electron chi connectivity index (χ2n) is 8.01. The lowest BCUT2D eigenvalue weighted by Crippen LogP contribution is -2.31. The lowest BCUT2D eigenvalue weighted by Gasteiger charge is -2.33. The molecule has 0 bridgehead atoms. The number of nitrogens with zero attached hydrogens (tertiary/aromatic N) is 1. The highest BCUT2D eigenvalue weighted by Gasteiger charge is 2.24. The van der Waals surface area contributed by atoms with Crippen LogP contribution in [0.4, 0.5) is 15.8 Å². The van der Waals surface area contributed by atoms with Gasteiger partial charge < -0.3 is 10.2 Å². The molecule has 0 saturated heterocycles. The molecule has 1 amide bonds. The summed E-state index contributed by atoms with van der Waals surface area (Å²) in [5.74, 6) is 0.709. The number of nitrogens with one attached hydrogen (secondary N) is 1. The van der Waals surface area contributed by atoms with E-state index in [1.807, 2.05) is 12.1 Å². The van der Waals surface area contributed by atoms with Gasteiger partial charge in [0.1, 0.15) is 5.82 Å². The maximum absolute atomic E-state index is 13.2. The Morgan fingerprint density at radius 2 is 1.96 bits per heavy atom. The van der Waals surface area contributed by atoms with Gasteiger partial charge in [0.15, 0.2) is 0 Å². The molecule has 1 heterocycles. The van der Waals surface area contributed by atoms with Gasteiger partial charge in [0.25, 0.3) is 0 Å². The third-order valence-corrected chi connectivity index (χ3v) is 5.93. The van der Waals surface area contributed by atoms with Crippen LogP contribution in [0.2, 0.25) is 0 Å². The first-order valence-corrected chi connectivity index (χ1v) is 9.93. The SMILES string of the molecule is Cc1cc2c(c(C)c1NC(=O)CCC1CC1)CCN(c1ccc(F)cc1)C2. The number of aryl methyl sites for hydroxylation is 1. The average Bonchev–Trinajstić information content (AvgIpc) is 3.48. The zero-order valence-corrected chi connectivity index (χ0v) is 16.1. The third-order valence-electron chi connectivity index (χ3n) is 5.93. The van der Waals surface area contributed by atoms with Gasteiger partial charge in [0.2, 0.25) is 5.91 Å². The smallest absolute Gasteiger partial charge is 0.224 e.